The van der Waals surface area contributed by atoms with Gasteiger partial charge in [0.1, 0.15) is 0 Å². The van der Waals surface area contributed by atoms with Gasteiger partial charge in [0.05, 0.1) is 6.54 Å². The third-order valence-corrected chi connectivity index (χ3v) is 6.09. The molecule has 5 nitrogen and oxygen atoms in total. The lowest BCUT2D eigenvalue weighted by Crippen LogP contribution is -2.43. The SMILES string of the molecule is CCNC(=NCc1ccc(C(=O)N2CCCCC2)cc1)NCC(C)(C)SC.I. The third-order valence-electron chi connectivity index (χ3n) is 4.84. The molecule has 0 unspecified atom stereocenters. The topological polar surface area (TPSA) is 56.7 Å². The minimum Gasteiger partial charge on any atom is -0.357 e. The lowest BCUT2D eigenvalue weighted by molar-refractivity contribution is 0.0724. The number of thioether (sulfide) groups is 1. The molecule has 158 valence electrons. The number of amides is 1. The first-order valence-electron chi connectivity index (χ1n) is 9.91. The largest absolute Gasteiger partial charge is 0.357 e. The minimum absolute atomic E-state index is 0. The summed E-state index contributed by atoms with van der Waals surface area (Å²) in [5.41, 5.74) is 1.88. The van der Waals surface area contributed by atoms with Gasteiger partial charge in [0.15, 0.2) is 5.96 Å². The summed E-state index contributed by atoms with van der Waals surface area (Å²) in [6.07, 6.45) is 5.59. The molecule has 0 saturated carbocycles. The predicted octanol–water partition coefficient (Wildman–Crippen LogP) is 4.13. The fourth-order valence-electron chi connectivity index (χ4n) is 2.91. The second kappa shape index (κ2) is 12.6. The molecule has 1 aliphatic rings. The number of nitrogens with zero attached hydrogens (tertiary/aromatic N) is 2. The minimum atomic E-state index is 0. The molecule has 0 spiro atoms. The Kier molecular flexibility index (Phi) is 11.3. The molecule has 0 aromatic heterocycles. The molecule has 2 rings (SSSR count). The Morgan fingerprint density at radius 1 is 1.14 bits per heavy atom. The molecule has 0 radical (unpaired) electrons. The number of carbonyl (C=O) groups is 1. The van der Waals surface area contributed by atoms with E-state index in [1.54, 1.807) is 0 Å². The van der Waals surface area contributed by atoms with Crippen LogP contribution in [0.4, 0.5) is 0 Å². The van der Waals surface area contributed by atoms with Crippen molar-refractivity contribution in [1.29, 1.82) is 0 Å². The second-order valence-electron chi connectivity index (χ2n) is 7.56. The zero-order valence-electron chi connectivity index (χ0n) is 17.6. The van der Waals surface area contributed by atoms with Crippen molar-refractivity contribution < 1.29 is 4.79 Å². The van der Waals surface area contributed by atoms with Gasteiger partial charge in [-0.05, 0) is 64.0 Å². The van der Waals surface area contributed by atoms with Crippen molar-refractivity contribution >= 4 is 47.6 Å². The predicted molar refractivity (Wildman–Crippen MR) is 132 cm³/mol. The first kappa shape index (κ1) is 25.1. The lowest BCUT2D eigenvalue weighted by Gasteiger charge is -2.26. The van der Waals surface area contributed by atoms with Gasteiger partial charge in [-0.25, -0.2) is 4.99 Å². The van der Waals surface area contributed by atoms with Crippen molar-refractivity contribution in [3.63, 3.8) is 0 Å². The van der Waals surface area contributed by atoms with Crippen LogP contribution in [-0.4, -0.2) is 53.9 Å². The average molecular weight is 519 g/mol. The highest BCUT2D eigenvalue weighted by atomic mass is 127. The molecule has 1 aliphatic heterocycles. The van der Waals surface area contributed by atoms with E-state index in [0.29, 0.717) is 6.54 Å². The van der Waals surface area contributed by atoms with Crippen molar-refractivity contribution in [2.24, 2.45) is 4.99 Å². The van der Waals surface area contributed by atoms with Crippen LogP contribution in [0.3, 0.4) is 0 Å². The maximum atomic E-state index is 12.5. The molecule has 0 atom stereocenters. The van der Waals surface area contributed by atoms with E-state index >= 15 is 0 Å². The van der Waals surface area contributed by atoms with Crippen LogP contribution in [0.2, 0.25) is 0 Å². The summed E-state index contributed by atoms with van der Waals surface area (Å²) in [6.45, 7) is 10.5. The van der Waals surface area contributed by atoms with E-state index in [0.717, 1.165) is 56.1 Å². The van der Waals surface area contributed by atoms with Crippen LogP contribution in [0, 0.1) is 0 Å². The van der Waals surface area contributed by atoms with Gasteiger partial charge < -0.3 is 15.5 Å². The van der Waals surface area contributed by atoms with E-state index < -0.39 is 0 Å². The summed E-state index contributed by atoms with van der Waals surface area (Å²) in [7, 11) is 0. The Hall–Kier alpha value is -0.960. The highest BCUT2D eigenvalue weighted by Gasteiger charge is 2.18. The van der Waals surface area contributed by atoms with Gasteiger partial charge in [-0.15, -0.1) is 24.0 Å². The Morgan fingerprint density at radius 3 is 2.36 bits per heavy atom. The fourth-order valence-corrected chi connectivity index (χ4v) is 3.13. The quantitative estimate of drug-likeness (QED) is 0.324. The van der Waals surface area contributed by atoms with Crippen molar-refractivity contribution in [3.05, 3.63) is 35.4 Å². The highest BCUT2D eigenvalue weighted by molar-refractivity contribution is 14.0. The van der Waals surface area contributed by atoms with E-state index in [-0.39, 0.29) is 34.6 Å². The molecule has 2 N–H and O–H groups in total. The number of carbonyl (C=O) groups excluding carboxylic acids is 1. The summed E-state index contributed by atoms with van der Waals surface area (Å²) in [5.74, 6) is 0.979. The van der Waals surface area contributed by atoms with Crippen LogP contribution >= 0.6 is 35.7 Å². The summed E-state index contributed by atoms with van der Waals surface area (Å²) in [5, 5.41) is 6.70. The van der Waals surface area contributed by atoms with E-state index in [4.69, 9.17) is 0 Å². The number of hydrogen-bond donors (Lipinski definition) is 2. The lowest BCUT2D eigenvalue weighted by atomic mass is 10.1. The standard InChI is InChI=1S/C21H34N4OS.HI/c1-5-22-20(24-16-21(2,3)27-4)23-15-17-9-11-18(12-10-17)19(26)25-13-7-6-8-14-25;/h9-12H,5-8,13-16H2,1-4H3,(H2,22,23,24);1H. The van der Waals surface area contributed by atoms with Gasteiger partial charge in [0.25, 0.3) is 5.91 Å². The van der Waals surface area contributed by atoms with Crippen LogP contribution in [0.1, 0.15) is 56.0 Å². The van der Waals surface area contributed by atoms with E-state index in [9.17, 15) is 4.79 Å². The second-order valence-corrected chi connectivity index (χ2v) is 9.08. The van der Waals surface area contributed by atoms with Gasteiger partial charge >= 0.3 is 0 Å². The summed E-state index contributed by atoms with van der Waals surface area (Å²) in [4.78, 5) is 19.2. The molecule has 1 saturated heterocycles. The molecule has 1 heterocycles. The van der Waals surface area contributed by atoms with Crippen molar-refractivity contribution in [3.8, 4) is 0 Å². The normalized spacial score (nSPS) is 15.0. The van der Waals surface area contributed by atoms with Crippen LogP contribution in [0.15, 0.2) is 29.3 Å². The summed E-state index contributed by atoms with van der Waals surface area (Å²) in [6, 6.07) is 7.88. The Bertz CT molecular complexity index is 628. The first-order chi connectivity index (χ1) is 12.9. The zero-order chi connectivity index (χ0) is 19.7. The van der Waals surface area contributed by atoms with Gasteiger partial charge in [0, 0.05) is 36.5 Å². The molecule has 0 bridgehead atoms. The number of likely N-dealkylation sites (tertiary alicyclic amines) is 1. The zero-order valence-corrected chi connectivity index (χ0v) is 20.7. The van der Waals surface area contributed by atoms with Crippen LogP contribution < -0.4 is 10.6 Å². The van der Waals surface area contributed by atoms with Crippen LogP contribution in [-0.2, 0) is 6.54 Å². The number of halogens is 1. The van der Waals surface area contributed by atoms with Crippen molar-refractivity contribution in [2.45, 2.75) is 51.3 Å². The molecule has 1 amide bonds. The van der Waals surface area contributed by atoms with E-state index in [1.807, 2.05) is 40.9 Å². The monoisotopic (exact) mass is 518 g/mol. The van der Waals surface area contributed by atoms with E-state index in [1.165, 1.54) is 6.42 Å². The Balaban J connectivity index is 0.00000392. The maximum Gasteiger partial charge on any atom is 0.253 e. The first-order valence-corrected chi connectivity index (χ1v) is 11.1. The fraction of sp³-hybridized carbons (Fsp3) is 0.619. The van der Waals surface area contributed by atoms with Gasteiger partial charge in [0.2, 0.25) is 0 Å². The number of benzene rings is 1. The Labute approximate surface area is 191 Å². The highest BCUT2D eigenvalue weighted by Crippen LogP contribution is 2.19. The molecule has 28 heavy (non-hydrogen) atoms. The smallest absolute Gasteiger partial charge is 0.253 e. The molecule has 0 aliphatic carbocycles. The van der Waals surface area contributed by atoms with Gasteiger partial charge in [-0.1, -0.05) is 12.1 Å². The summed E-state index contributed by atoms with van der Waals surface area (Å²) >= 11 is 1.84. The molecule has 7 heteroatoms. The Morgan fingerprint density at radius 2 is 1.79 bits per heavy atom. The van der Waals surface area contributed by atoms with Crippen LogP contribution in [0.5, 0.6) is 0 Å². The summed E-state index contributed by atoms with van der Waals surface area (Å²) < 4.78 is 0.159. The molecule has 1 aromatic rings. The van der Waals surface area contributed by atoms with Gasteiger partial charge in [-0.3, -0.25) is 4.79 Å². The molecular weight excluding hydrogens is 483 g/mol. The number of nitrogens with one attached hydrogen (secondary N) is 2. The maximum absolute atomic E-state index is 12.5. The number of rotatable bonds is 7. The van der Waals surface area contributed by atoms with Crippen molar-refractivity contribution in [1.82, 2.24) is 15.5 Å². The average Bonchev–Trinajstić information content (AvgIpc) is 2.70. The number of hydrogen-bond acceptors (Lipinski definition) is 3. The van der Waals surface area contributed by atoms with E-state index in [2.05, 4.69) is 42.7 Å². The third kappa shape index (κ3) is 8.19. The van der Waals surface area contributed by atoms with Gasteiger partial charge in [-0.2, -0.15) is 11.8 Å². The molecule has 1 aromatic carbocycles. The molecular formula is C21H35IN4OS. The number of piperidine rings is 1. The molecule has 1 fully saturated rings. The van der Waals surface area contributed by atoms with Crippen molar-refractivity contribution in [2.75, 3.05) is 32.4 Å². The van der Waals surface area contributed by atoms with Crippen LogP contribution in [0.25, 0.3) is 0 Å². The number of guanidine groups is 1. The number of aliphatic imine (C=N–C) groups is 1.